The number of anilines is 1. The minimum Gasteiger partial charge on any atom is -0.483 e. The van der Waals surface area contributed by atoms with E-state index in [-0.39, 0.29) is 29.8 Å². The number of amides is 2. The number of ether oxygens (including phenoxy) is 1. The van der Waals surface area contributed by atoms with E-state index in [2.05, 4.69) is 31.4 Å². The van der Waals surface area contributed by atoms with E-state index in [0.717, 1.165) is 35.4 Å². The largest absolute Gasteiger partial charge is 0.483 e. The van der Waals surface area contributed by atoms with Gasteiger partial charge in [0, 0.05) is 18.2 Å². The second kappa shape index (κ2) is 8.46. The fraction of sp³-hybridized carbons (Fsp3) is 0.391. The summed E-state index contributed by atoms with van der Waals surface area (Å²) in [5, 5.41) is 5.79. The Morgan fingerprint density at radius 2 is 1.82 bits per heavy atom. The normalized spacial score (nSPS) is 13.7. The fourth-order valence-corrected chi connectivity index (χ4v) is 2.96. The van der Waals surface area contributed by atoms with Gasteiger partial charge in [0.15, 0.2) is 6.61 Å². The van der Waals surface area contributed by atoms with Crippen LogP contribution in [0.15, 0.2) is 48.5 Å². The summed E-state index contributed by atoms with van der Waals surface area (Å²) >= 11 is 0. The van der Waals surface area contributed by atoms with Crippen molar-refractivity contribution in [3.63, 3.8) is 0 Å². The molecular formula is C23H28N2O3. The van der Waals surface area contributed by atoms with Gasteiger partial charge in [-0.05, 0) is 47.6 Å². The van der Waals surface area contributed by atoms with Crippen molar-refractivity contribution in [3.8, 4) is 5.75 Å². The van der Waals surface area contributed by atoms with E-state index >= 15 is 0 Å². The molecule has 0 saturated heterocycles. The van der Waals surface area contributed by atoms with Gasteiger partial charge in [0.1, 0.15) is 5.75 Å². The van der Waals surface area contributed by atoms with Crippen LogP contribution in [0.4, 0.5) is 5.69 Å². The Balaban J connectivity index is 1.50. The maximum Gasteiger partial charge on any atom is 0.258 e. The van der Waals surface area contributed by atoms with Gasteiger partial charge in [0.2, 0.25) is 5.91 Å². The van der Waals surface area contributed by atoms with Gasteiger partial charge < -0.3 is 15.4 Å². The summed E-state index contributed by atoms with van der Waals surface area (Å²) in [6, 6.07) is 15.3. The van der Waals surface area contributed by atoms with Gasteiger partial charge in [-0.3, -0.25) is 9.59 Å². The first kappa shape index (κ1) is 19.9. The molecule has 0 bridgehead atoms. The van der Waals surface area contributed by atoms with E-state index in [0.29, 0.717) is 6.54 Å². The van der Waals surface area contributed by atoms with Crippen LogP contribution in [-0.2, 0) is 21.5 Å². The van der Waals surface area contributed by atoms with Gasteiger partial charge in [-0.2, -0.15) is 0 Å². The van der Waals surface area contributed by atoms with Crippen molar-refractivity contribution in [1.29, 1.82) is 0 Å². The van der Waals surface area contributed by atoms with Gasteiger partial charge in [-0.15, -0.1) is 0 Å². The molecule has 0 atom stereocenters. The molecule has 1 aliphatic carbocycles. The number of carbonyl (C=O) groups is 2. The molecule has 2 amide bonds. The lowest BCUT2D eigenvalue weighted by Crippen LogP contribution is -2.29. The van der Waals surface area contributed by atoms with Crippen LogP contribution in [0.3, 0.4) is 0 Å². The highest BCUT2D eigenvalue weighted by Crippen LogP contribution is 2.31. The lowest BCUT2D eigenvalue weighted by Gasteiger charge is -2.22. The van der Waals surface area contributed by atoms with Crippen molar-refractivity contribution >= 4 is 17.5 Å². The van der Waals surface area contributed by atoms with Crippen molar-refractivity contribution in [3.05, 3.63) is 59.7 Å². The molecule has 28 heavy (non-hydrogen) atoms. The molecular weight excluding hydrogens is 352 g/mol. The average Bonchev–Trinajstić information content (AvgIpc) is 3.50. The minimum atomic E-state index is -0.184. The van der Waals surface area contributed by atoms with Crippen LogP contribution in [0.1, 0.15) is 44.7 Å². The van der Waals surface area contributed by atoms with E-state index < -0.39 is 0 Å². The topological polar surface area (TPSA) is 67.4 Å². The predicted octanol–water partition coefficient (Wildman–Crippen LogP) is 4.03. The van der Waals surface area contributed by atoms with Crippen LogP contribution < -0.4 is 15.4 Å². The molecule has 1 saturated carbocycles. The van der Waals surface area contributed by atoms with E-state index in [9.17, 15) is 9.59 Å². The first-order valence-corrected chi connectivity index (χ1v) is 9.72. The number of carbonyl (C=O) groups excluding carboxylic acids is 2. The third-order valence-corrected chi connectivity index (χ3v) is 4.69. The third kappa shape index (κ3) is 5.59. The number of rotatable bonds is 7. The van der Waals surface area contributed by atoms with Crippen LogP contribution >= 0.6 is 0 Å². The Labute approximate surface area is 166 Å². The number of hydrogen-bond acceptors (Lipinski definition) is 3. The molecule has 2 N–H and O–H groups in total. The van der Waals surface area contributed by atoms with Crippen molar-refractivity contribution in [1.82, 2.24) is 5.32 Å². The Kier molecular flexibility index (Phi) is 6.02. The fourth-order valence-electron chi connectivity index (χ4n) is 2.96. The molecule has 0 heterocycles. The molecule has 1 aliphatic rings. The summed E-state index contributed by atoms with van der Waals surface area (Å²) in [6.45, 7) is 6.69. The van der Waals surface area contributed by atoms with Crippen LogP contribution in [0.5, 0.6) is 5.75 Å². The van der Waals surface area contributed by atoms with Gasteiger partial charge in [0.05, 0.1) is 0 Å². The third-order valence-electron chi connectivity index (χ3n) is 4.69. The molecule has 1 fully saturated rings. The molecule has 0 aromatic heterocycles. The SMILES string of the molecule is CC(C)(C)c1ccccc1OCC(=O)NCc1cccc(NC(=O)C2CC2)c1. The summed E-state index contributed by atoms with van der Waals surface area (Å²) in [7, 11) is 0. The molecule has 3 rings (SSSR count). The number of benzene rings is 2. The average molecular weight is 380 g/mol. The highest BCUT2D eigenvalue weighted by Gasteiger charge is 2.29. The van der Waals surface area contributed by atoms with Gasteiger partial charge in [-0.1, -0.05) is 51.1 Å². The molecule has 5 heteroatoms. The molecule has 2 aromatic rings. The number of hydrogen-bond donors (Lipinski definition) is 2. The molecule has 0 unspecified atom stereocenters. The smallest absolute Gasteiger partial charge is 0.258 e. The molecule has 148 valence electrons. The van der Waals surface area contributed by atoms with E-state index in [1.54, 1.807) is 0 Å². The maximum atomic E-state index is 12.2. The summed E-state index contributed by atoms with van der Waals surface area (Å²) in [6.07, 6.45) is 1.94. The van der Waals surface area contributed by atoms with Crippen LogP contribution in [0, 0.1) is 5.92 Å². The quantitative estimate of drug-likeness (QED) is 0.762. The first-order valence-electron chi connectivity index (χ1n) is 9.72. The van der Waals surface area contributed by atoms with Crippen LogP contribution in [0.2, 0.25) is 0 Å². The molecule has 5 nitrogen and oxygen atoms in total. The Bertz CT molecular complexity index is 851. The highest BCUT2D eigenvalue weighted by atomic mass is 16.5. The first-order chi connectivity index (χ1) is 13.3. The van der Waals surface area contributed by atoms with Crippen molar-refractivity contribution in [2.75, 3.05) is 11.9 Å². The van der Waals surface area contributed by atoms with Crippen LogP contribution in [-0.4, -0.2) is 18.4 Å². The Hall–Kier alpha value is -2.82. The van der Waals surface area contributed by atoms with Crippen molar-refractivity contribution in [2.45, 2.75) is 45.6 Å². The minimum absolute atomic E-state index is 0.0365. The highest BCUT2D eigenvalue weighted by molar-refractivity contribution is 5.94. The number of para-hydroxylation sites is 1. The van der Waals surface area contributed by atoms with Crippen molar-refractivity contribution < 1.29 is 14.3 Å². The Morgan fingerprint density at radius 1 is 1.07 bits per heavy atom. The summed E-state index contributed by atoms with van der Waals surface area (Å²) < 4.78 is 5.75. The predicted molar refractivity (Wildman–Crippen MR) is 110 cm³/mol. The zero-order valence-corrected chi connectivity index (χ0v) is 16.7. The van der Waals surface area contributed by atoms with Crippen molar-refractivity contribution in [2.24, 2.45) is 5.92 Å². The van der Waals surface area contributed by atoms with Gasteiger partial charge >= 0.3 is 0 Å². The lowest BCUT2D eigenvalue weighted by molar-refractivity contribution is -0.123. The number of nitrogens with one attached hydrogen (secondary N) is 2. The monoisotopic (exact) mass is 380 g/mol. The summed E-state index contributed by atoms with van der Waals surface area (Å²) in [5.41, 5.74) is 2.70. The van der Waals surface area contributed by atoms with Gasteiger partial charge in [0.25, 0.3) is 5.91 Å². The lowest BCUT2D eigenvalue weighted by atomic mass is 9.86. The van der Waals surface area contributed by atoms with E-state index in [4.69, 9.17) is 4.74 Å². The molecule has 0 aliphatic heterocycles. The molecule has 0 spiro atoms. The summed E-state index contributed by atoms with van der Waals surface area (Å²) in [4.78, 5) is 24.1. The zero-order valence-electron chi connectivity index (χ0n) is 16.7. The second-order valence-electron chi connectivity index (χ2n) is 8.28. The van der Waals surface area contributed by atoms with Gasteiger partial charge in [-0.25, -0.2) is 0 Å². The summed E-state index contributed by atoms with van der Waals surface area (Å²) in [5.74, 6) is 0.787. The zero-order chi connectivity index (χ0) is 20.1. The van der Waals surface area contributed by atoms with E-state index in [1.807, 2.05) is 48.5 Å². The molecule has 0 radical (unpaired) electrons. The Morgan fingerprint density at radius 3 is 2.54 bits per heavy atom. The molecule has 2 aromatic carbocycles. The standard InChI is InChI=1S/C23H28N2O3/c1-23(2,3)19-9-4-5-10-20(19)28-15-21(26)24-14-16-7-6-8-18(13-16)25-22(27)17-11-12-17/h4-10,13,17H,11-12,14-15H2,1-3H3,(H,24,26)(H,25,27). The second-order valence-corrected chi connectivity index (χ2v) is 8.28. The maximum absolute atomic E-state index is 12.2. The van der Waals surface area contributed by atoms with Crippen LogP contribution in [0.25, 0.3) is 0 Å². The van der Waals surface area contributed by atoms with E-state index in [1.165, 1.54) is 0 Å².